The number of hydrogen-bond donors (Lipinski definition) is 1. The van der Waals surface area contributed by atoms with Crippen LogP contribution < -0.4 is 0 Å². The summed E-state index contributed by atoms with van der Waals surface area (Å²) in [5, 5.41) is 10.8. The SMILES string of the molecule is CCOC(=O)[C@@H]1C(=O)C[C@](C)(O)[C@@H](C(=O)OCC)[C@@H]1c1ccccc1F. The van der Waals surface area contributed by atoms with Crippen LogP contribution in [0.4, 0.5) is 4.39 Å². The normalized spacial score (nSPS) is 28.5. The minimum atomic E-state index is -1.78. The molecule has 1 aliphatic rings. The molecule has 0 saturated heterocycles. The summed E-state index contributed by atoms with van der Waals surface area (Å²) in [4.78, 5) is 37.6. The van der Waals surface area contributed by atoms with Crippen molar-refractivity contribution in [2.45, 2.75) is 38.7 Å². The second kappa shape index (κ2) is 7.95. The molecule has 1 aromatic carbocycles. The van der Waals surface area contributed by atoms with E-state index >= 15 is 0 Å². The molecule has 0 bridgehead atoms. The van der Waals surface area contributed by atoms with Crippen LogP contribution in [0.2, 0.25) is 0 Å². The van der Waals surface area contributed by atoms with Crippen LogP contribution >= 0.6 is 0 Å². The predicted octanol–water partition coefficient (Wildman–Crippen LogP) is 1.99. The molecule has 0 spiro atoms. The van der Waals surface area contributed by atoms with E-state index in [0.29, 0.717) is 0 Å². The average molecular weight is 366 g/mol. The summed E-state index contributed by atoms with van der Waals surface area (Å²) < 4.78 is 24.5. The highest BCUT2D eigenvalue weighted by molar-refractivity contribution is 6.02. The maximum absolute atomic E-state index is 14.5. The van der Waals surface area contributed by atoms with Crippen LogP contribution in [0, 0.1) is 17.7 Å². The molecule has 0 aliphatic heterocycles. The van der Waals surface area contributed by atoms with Crippen molar-refractivity contribution in [3.8, 4) is 0 Å². The first-order chi connectivity index (χ1) is 12.2. The predicted molar refractivity (Wildman–Crippen MR) is 89.6 cm³/mol. The Morgan fingerprint density at radius 1 is 1.19 bits per heavy atom. The van der Waals surface area contributed by atoms with Gasteiger partial charge in [-0.3, -0.25) is 14.4 Å². The molecule has 26 heavy (non-hydrogen) atoms. The van der Waals surface area contributed by atoms with Gasteiger partial charge in [0.05, 0.1) is 24.7 Å². The molecule has 0 amide bonds. The molecular formula is C19H23FO6. The third-order valence-electron chi connectivity index (χ3n) is 4.61. The third kappa shape index (κ3) is 3.77. The van der Waals surface area contributed by atoms with Crippen molar-refractivity contribution in [2.75, 3.05) is 13.2 Å². The molecule has 1 fully saturated rings. The molecule has 1 N–H and O–H groups in total. The molecule has 2 rings (SSSR count). The van der Waals surface area contributed by atoms with E-state index in [1.165, 1.54) is 31.2 Å². The minimum absolute atomic E-state index is 0.00284. The van der Waals surface area contributed by atoms with Gasteiger partial charge in [-0.15, -0.1) is 0 Å². The summed E-state index contributed by atoms with van der Waals surface area (Å²) in [5.74, 6) is -6.78. The number of ether oxygens (including phenoxy) is 2. The number of carbonyl (C=O) groups is 3. The number of halogens is 1. The molecule has 142 valence electrons. The van der Waals surface area contributed by atoms with Crippen molar-refractivity contribution in [3.63, 3.8) is 0 Å². The topological polar surface area (TPSA) is 89.9 Å². The molecule has 1 aliphatic carbocycles. The lowest BCUT2D eigenvalue weighted by molar-refractivity contribution is -0.172. The van der Waals surface area contributed by atoms with Crippen LogP contribution in [0.3, 0.4) is 0 Å². The first kappa shape index (κ1) is 20.0. The highest BCUT2D eigenvalue weighted by Gasteiger charge is 2.57. The summed E-state index contributed by atoms with van der Waals surface area (Å²) in [6.45, 7) is 4.59. The first-order valence-electron chi connectivity index (χ1n) is 8.57. The van der Waals surface area contributed by atoms with Gasteiger partial charge in [0.2, 0.25) is 0 Å². The highest BCUT2D eigenvalue weighted by atomic mass is 19.1. The zero-order valence-corrected chi connectivity index (χ0v) is 15.0. The lowest BCUT2D eigenvalue weighted by atomic mass is 9.61. The van der Waals surface area contributed by atoms with Gasteiger partial charge >= 0.3 is 11.9 Å². The lowest BCUT2D eigenvalue weighted by Crippen LogP contribution is -2.55. The zero-order valence-electron chi connectivity index (χ0n) is 15.0. The van der Waals surface area contributed by atoms with Crippen molar-refractivity contribution >= 4 is 17.7 Å². The van der Waals surface area contributed by atoms with Gasteiger partial charge in [-0.25, -0.2) is 4.39 Å². The van der Waals surface area contributed by atoms with Gasteiger partial charge in [-0.05, 0) is 32.4 Å². The Labute approximate surface area is 151 Å². The van der Waals surface area contributed by atoms with Crippen molar-refractivity contribution in [1.29, 1.82) is 0 Å². The van der Waals surface area contributed by atoms with E-state index in [1.54, 1.807) is 13.8 Å². The number of benzene rings is 1. The summed E-state index contributed by atoms with van der Waals surface area (Å²) >= 11 is 0. The largest absolute Gasteiger partial charge is 0.466 e. The molecular weight excluding hydrogens is 343 g/mol. The van der Waals surface area contributed by atoms with Gasteiger partial charge in [0, 0.05) is 12.3 Å². The number of ketones is 1. The number of Topliss-reactive ketones (excluding diaryl/α,β-unsaturated/α-hetero) is 1. The molecule has 1 aromatic rings. The van der Waals surface area contributed by atoms with Crippen LogP contribution in [-0.2, 0) is 23.9 Å². The minimum Gasteiger partial charge on any atom is -0.466 e. The van der Waals surface area contributed by atoms with Crippen molar-refractivity contribution < 1.29 is 33.4 Å². The molecule has 0 heterocycles. The fourth-order valence-electron chi connectivity index (χ4n) is 3.60. The summed E-state index contributed by atoms with van der Waals surface area (Å²) in [7, 11) is 0. The van der Waals surface area contributed by atoms with Crippen LogP contribution in [0.15, 0.2) is 24.3 Å². The van der Waals surface area contributed by atoms with E-state index in [9.17, 15) is 23.9 Å². The number of rotatable bonds is 5. The Bertz CT molecular complexity index is 699. The average Bonchev–Trinajstić information content (AvgIpc) is 2.54. The Balaban J connectivity index is 2.64. The molecule has 6 nitrogen and oxygen atoms in total. The van der Waals surface area contributed by atoms with E-state index in [-0.39, 0.29) is 18.8 Å². The van der Waals surface area contributed by atoms with Crippen molar-refractivity contribution in [1.82, 2.24) is 0 Å². The van der Waals surface area contributed by atoms with Crippen LogP contribution in [0.25, 0.3) is 0 Å². The van der Waals surface area contributed by atoms with E-state index < -0.39 is 53.3 Å². The smallest absolute Gasteiger partial charge is 0.317 e. The van der Waals surface area contributed by atoms with Crippen molar-refractivity contribution in [3.05, 3.63) is 35.6 Å². The molecule has 0 unspecified atom stereocenters. The Morgan fingerprint density at radius 3 is 2.35 bits per heavy atom. The second-order valence-corrected chi connectivity index (χ2v) is 6.51. The quantitative estimate of drug-likeness (QED) is 0.633. The molecule has 0 aromatic heterocycles. The molecule has 4 atom stereocenters. The van der Waals surface area contributed by atoms with Gasteiger partial charge in [0.1, 0.15) is 11.7 Å². The first-order valence-corrected chi connectivity index (χ1v) is 8.57. The van der Waals surface area contributed by atoms with Crippen LogP contribution in [-0.4, -0.2) is 41.6 Å². The Hall–Kier alpha value is -2.28. The second-order valence-electron chi connectivity index (χ2n) is 6.51. The zero-order chi connectivity index (χ0) is 19.5. The maximum atomic E-state index is 14.5. The van der Waals surface area contributed by atoms with Gasteiger partial charge in [0.15, 0.2) is 5.78 Å². The standard InChI is InChI=1S/C19H23FO6/c1-4-25-17(22)15-13(21)10-19(3,24)16(18(23)26-5-2)14(15)11-8-6-7-9-12(11)20/h6-9,14-16,24H,4-5,10H2,1-3H3/t14-,15-,16-,19+/m1/s1. The van der Waals surface area contributed by atoms with Gasteiger partial charge in [-0.2, -0.15) is 0 Å². The van der Waals surface area contributed by atoms with E-state index in [2.05, 4.69) is 0 Å². The summed E-state index contributed by atoms with van der Waals surface area (Å²) in [6.07, 6.45) is -0.426. The lowest BCUT2D eigenvalue weighted by Gasteiger charge is -2.43. The Morgan fingerprint density at radius 2 is 1.77 bits per heavy atom. The number of carbonyl (C=O) groups excluding carboxylic acids is 3. The van der Waals surface area contributed by atoms with E-state index in [0.717, 1.165) is 0 Å². The number of esters is 2. The molecule has 1 saturated carbocycles. The number of hydrogen-bond acceptors (Lipinski definition) is 6. The van der Waals surface area contributed by atoms with E-state index in [4.69, 9.17) is 9.47 Å². The van der Waals surface area contributed by atoms with Crippen LogP contribution in [0.1, 0.15) is 38.7 Å². The van der Waals surface area contributed by atoms with Crippen LogP contribution in [0.5, 0.6) is 0 Å². The third-order valence-corrected chi connectivity index (χ3v) is 4.61. The van der Waals surface area contributed by atoms with Gasteiger partial charge < -0.3 is 14.6 Å². The van der Waals surface area contributed by atoms with Gasteiger partial charge in [0.25, 0.3) is 0 Å². The molecule has 0 radical (unpaired) electrons. The highest BCUT2D eigenvalue weighted by Crippen LogP contribution is 2.47. The van der Waals surface area contributed by atoms with Crippen molar-refractivity contribution in [2.24, 2.45) is 11.8 Å². The number of aliphatic hydroxyl groups is 1. The fraction of sp³-hybridized carbons (Fsp3) is 0.526. The van der Waals surface area contributed by atoms with Gasteiger partial charge in [-0.1, -0.05) is 18.2 Å². The Kier molecular flexibility index (Phi) is 6.13. The summed E-state index contributed by atoms with van der Waals surface area (Å²) in [6, 6.07) is 5.57. The summed E-state index contributed by atoms with van der Waals surface area (Å²) in [5.41, 5.74) is -1.78. The monoisotopic (exact) mass is 366 g/mol. The van der Waals surface area contributed by atoms with E-state index in [1.807, 2.05) is 0 Å². The fourth-order valence-corrected chi connectivity index (χ4v) is 3.60. The molecule has 7 heteroatoms. The maximum Gasteiger partial charge on any atom is 0.317 e.